The number of aromatic amines is 1. The lowest BCUT2D eigenvalue weighted by Crippen LogP contribution is -2.24. The normalized spacial score (nSPS) is 10.7. The lowest BCUT2D eigenvalue weighted by Gasteiger charge is -2.08. The molecule has 0 aliphatic rings. The highest BCUT2D eigenvalue weighted by atomic mass is 16.1. The molecule has 0 aliphatic heterocycles. The van der Waals surface area contributed by atoms with E-state index in [4.69, 9.17) is 5.73 Å². The molecule has 0 fully saturated rings. The first-order chi connectivity index (χ1) is 14.5. The van der Waals surface area contributed by atoms with Gasteiger partial charge in [0, 0.05) is 30.6 Å². The Morgan fingerprint density at radius 3 is 2.67 bits per heavy atom. The second-order valence-electron chi connectivity index (χ2n) is 6.67. The fourth-order valence-electron chi connectivity index (χ4n) is 2.75. The molecule has 156 valence electrons. The zero-order valence-corrected chi connectivity index (χ0v) is 16.6. The summed E-state index contributed by atoms with van der Waals surface area (Å²) in [6, 6.07) is 6.97. The SMILES string of the molecule is CCC(=O)CCCNC(=O)c1ccc(NCc2cnc3nc(N)[nH]c(=O)c3n2)cc1. The Labute approximate surface area is 172 Å². The smallest absolute Gasteiger partial charge is 0.280 e. The van der Waals surface area contributed by atoms with E-state index in [-0.39, 0.29) is 28.8 Å². The van der Waals surface area contributed by atoms with Gasteiger partial charge < -0.3 is 16.4 Å². The van der Waals surface area contributed by atoms with Gasteiger partial charge in [-0.05, 0) is 30.7 Å². The maximum absolute atomic E-state index is 12.1. The number of Topliss-reactive ketones (excluding diaryl/α,β-unsaturated/α-hetero) is 1. The molecule has 0 spiro atoms. The Hall–Kier alpha value is -3.82. The fraction of sp³-hybridized carbons (Fsp3) is 0.300. The van der Waals surface area contributed by atoms with Gasteiger partial charge in [-0.3, -0.25) is 19.4 Å². The molecule has 2 heterocycles. The summed E-state index contributed by atoms with van der Waals surface area (Å²) in [5.74, 6) is 0.00363. The zero-order valence-electron chi connectivity index (χ0n) is 16.6. The Morgan fingerprint density at radius 1 is 1.17 bits per heavy atom. The molecule has 0 aliphatic carbocycles. The molecule has 10 nitrogen and oxygen atoms in total. The molecular weight excluding hydrogens is 386 g/mol. The number of hydrogen-bond acceptors (Lipinski definition) is 8. The molecule has 30 heavy (non-hydrogen) atoms. The number of aromatic nitrogens is 4. The average molecular weight is 409 g/mol. The van der Waals surface area contributed by atoms with Gasteiger partial charge >= 0.3 is 0 Å². The molecule has 3 aromatic rings. The third kappa shape index (κ3) is 5.37. The van der Waals surface area contributed by atoms with Gasteiger partial charge in [0.15, 0.2) is 11.2 Å². The van der Waals surface area contributed by atoms with Crippen LogP contribution < -0.4 is 21.9 Å². The van der Waals surface area contributed by atoms with Crippen LogP contribution in [0.1, 0.15) is 42.2 Å². The van der Waals surface area contributed by atoms with Gasteiger partial charge in [0.05, 0.1) is 18.4 Å². The van der Waals surface area contributed by atoms with E-state index in [1.54, 1.807) is 24.3 Å². The van der Waals surface area contributed by atoms with Crippen LogP contribution in [0.2, 0.25) is 0 Å². The summed E-state index contributed by atoms with van der Waals surface area (Å²) in [5.41, 5.74) is 7.23. The zero-order chi connectivity index (χ0) is 21.5. The number of ketones is 1. The van der Waals surface area contributed by atoms with Crippen LogP contribution in [-0.2, 0) is 11.3 Å². The Morgan fingerprint density at radius 2 is 1.93 bits per heavy atom. The van der Waals surface area contributed by atoms with Crippen molar-refractivity contribution in [1.82, 2.24) is 25.3 Å². The summed E-state index contributed by atoms with van der Waals surface area (Å²) >= 11 is 0. The number of nitrogens with one attached hydrogen (secondary N) is 3. The molecule has 10 heteroatoms. The number of H-pyrrole nitrogens is 1. The number of benzene rings is 1. The van der Waals surface area contributed by atoms with Crippen molar-refractivity contribution < 1.29 is 9.59 Å². The largest absolute Gasteiger partial charge is 0.379 e. The van der Waals surface area contributed by atoms with Crippen molar-refractivity contribution in [1.29, 1.82) is 0 Å². The molecule has 0 saturated heterocycles. The molecule has 1 amide bonds. The first kappa shape index (κ1) is 20.9. The lowest BCUT2D eigenvalue weighted by atomic mass is 10.1. The molecular formula is C20H23N7O3. The predicted molar refractivity (Wildman–Crippen MR) is 113 cm³/mol. The standard InChI is InChI=1S/C20H23N7O3/c1-2-15(28)4-3-9-22-18(29)12-5-7-13(8-6-12)23-10-14-11-24-17-16(25-14)19(30)27-20(21)26-17/h5-8,11,23H,2-4,9-10H2,1H3,(H,22,29)(H3,21,24,26,27,30). The summed E-state index contributed by atoms with van der Waals surface area (Å²) in [6.07, 6.45) is 3.16. The van der Waals surface area contributed by atoms with E-state index in [1.807, 2.05) is 6.92 Å². The van der Waals surface area contributed by atoms with E-state index >= 15 is 0 Å². The number of carbonyl (C=O) groups is 2. The van der Waals surface area contributed by atoms with Gasteiger partial charge in [-0.25, -0.2) is 9.97 Å². The van der Waals surface area contributed by atoms with E-state index in [9.17, 15) is 14.4 Å². The molecule has 0 radical (unpaired) electrons. The molecule has 0 unspecified atom stereocenters. The Bertz CT molecular complexity index is 1110. The van der Waals surface area contributed by atoms with Gasteiger partial charge in [-0.1, -0.05) is 6.92 Å². The number of amides is 1. The second kappa shape index (κ2) is 9.59. The summed E-state index contributed by atoms with van der Waals surface area (Å²) < 4.78 is 0. The molecule has 0 atom stereocenters. The van der Waals surface area contributed by atoms with Crippen LogP contribution in [0.25, 0.3) is 11.2 Å². The van der Waals surface area contributed by atoms with E-state index in [1.165, 1.54) is 6.20 Å². The average Bonchev–Trinajstić information content (AvgIpc) is 2.75. The summed E-state index contributed by atoms with van der Waals surface area (Å²) in [7, 11) is 0. The van der Waals surface area contributed by atoms with Crippen molar-refractivity contribution in [2.75, 3.05) is 17.6 Å². The van der Waals surface area contributed by atoms with Crippen molar-refractivity contribution in [3.63, 3.8) is 0 Å². The van der Waals surface area contributed by atoms with Crippen LogP contribution in [0.4, 0.5) is 11.6 Å². The highest BCUT2D eigenvalue weighted by Crippen LogP contribution is 2.11. The molecule has 2 aromatic heterocycles. The summed E-state index contributed by atoms with van der Waals surface area (Å²) in [5, 5.41) is 5.97. The number of nitrogens with two attached hydrogens (primary N) is 1. The molecule has 3 rings (SSSR count). The number of nitrogens with zero attached hydrogens (tertiary/aromatic N) is 3. The molecule has 1 aromatic carbocycles. The first-order valence-electron chi connectivity index (χ1n) is 9.61. The van der Waals surface area contributed by atoms with Crippen molar-refractivity contribution >= 4 is 34.5 Å². The van der Waals surface area contributed by atoms with Crippen molar-refractivity contribution in [3.8, 4) is 0 Å². The van der Waals surface area contributed by atoms with Crippen LogP contribution in [0.15, 0.2) is 35.3 Å². The van der Waals surface area contributed by atoms with Crippen LogP contribution in [0.3, 0.4) is 0 Å². The van der Waals surface area contributed by atoms with Crippen LogP contribution >= 0.6 is 0 Å². The van der Waals surface area contributed by atoms with E-state index in [0.29, 0.717) is 43.6 Å². The summed E-state index contributed by atoms with van der Waals surface area (Å²) in [4.78, 5) is 50.0. The predicted octanol–water partition coefficient (Wildman–Crippen LogP) is 1.40. The number of carbonyl (C=O) groups excluding carboxylic acids is 2. The lowest BCUT2D eigenvalue weighted by molar-refractivity contribution is -0.118. The minimum absolute atomic E-state index is 0.00810. The monoisotopic (exact) mass is 409 g/mol. The highest BCUT2D eigenvalue weighted by Gasteiger charge is 2.08. The van der Waals surface area contributed by atoms with E-state index < -0.39 is 5.56 Å². The molecule has 0 bridgehead atoms. The third-order valence-electron chi connectivity index (χ3n) is 4.42. The van der Waals surface area contributed by atoms with Crippen LogP contribution in [0.5, 0.6) is 0 Å². The number of hydrogen-bond donors (Lipinski definition) is 4. The Kier molecular flexibility index (Phi) is 6.68. The third-order valence-corrected chi connectivity index (χ3v) is 4.42. The van der Waals surface area contributed by atoms with Crippen LogP contribution in [0, 0.1) is 0 Å². The number of rotatable bonds is 9. The van der Waals surface area contributed by atoms with Crippen LogP contribution in [-0.4, -0.2) is 38.2 Å². The maximum Gasteiger partial charge on any atom is 0.280 e. The van der Waals surface area contributed by atoms with Gasteiger partial charge in [0.1, 0.15) is 5.78 Å². The molecule has 0 saturated carbocycles. The minimum Gasteiger partial charge on any atom is -0.379 e. The van der Waals surface area contributed by atoms with Crippen molar-refractivity contribution in [3.05, 3.63) is 52.1 Å². The fourth-order valence-corrected chi connectivity index (χ4v) is 2.75. The maximum atomic E-state index is 12.1. The van der Waals surface area contributed by atoms with E-state index in [0.717, 1.165) is 5.69 Å². The number of nitrogen functional groups attached to an aromatic ring is 1. The van der Waals surface area contributed by atoms with E-state index in [2.05, 4.69) is 30.6 Å². The van der Waals surface area contributed by atoms with Gasteiger partial charge in [0.2, 0.25) is 5.95 Å². The van der Waals surface area contributed by atoms with Crippen molar-refractivity contribution in [2.45, 2.75) is 32.7 Å². The number of anilines is 2. The highest BCUT2D eigenvalue weighted by molar-refractivity contribution is 5.94. The van der Waals surface area contributed by atoms with Crippen molar-refractivity contribution in [2.24, 2.45) is 0 Å². The molecule has 5 N–H and O–H groups in total. The second-order valence-corrected chi connectivity index (χ2v) is 6.67. The van der Waals surface area contributed by atoms with Gasteiger partial charge in [-0.2, -0.15) is 4.98 Å². The quantitative estimate of drug-likeness (QED) is 0.386. The number of fused-ring (bicyclic) bond motifs is 1. The Balaban J connectivity index is 1.54. The topological polar surface area (TPSA) is 156 Å². The minimum atomic E-state index is -0.443. The van der Waals surface area contributed by atoms with Gasteiger partial charge in [0.25, 0.3) is 11.5 Å². The first-order valence-corrected chi connectivity index (χ1v) is 9.61. The van der Waals surface area contributed by atoms with Gasteiger partial charge in [-0.15, -0.1) is 0 Å². The summed E-state index contributed by atoms with van der Waals surface area (Å²) in [6.45, 7) is 2.63.